The normalized spacial score (nSPS) is 11.4. The summed E-state index contributed by atoms with van der Waals surface area (Å²) in [5.74, 6) is -0.174. The molecule has 0 saturated heterocycles. The molecule has 0 unspecified atom stereocenters. The monoisotopic (exact) mass is 488 g/mol. The van der Waals surface area contributed by atoms with E-state index in [1.165, 1.54) is 23.5 Å². The van der Waals surface area contributed by atoms with Crippen molar-refractivity contribution in [2.24, 2.45) is 0 Å². The second-order valence-electron chi connectivity index (χ2n) is 5.42. The van der Waals surface area contributed by atoms with Gasteiger partial charge in [-0.2, -0.15) is 4.31 Å². The Morgan fingerprint density at radius 2 is 1.73 bits per heavy atom. The van der Waals surface area contributed by atoms with Crippen molar-refractivity contribution in [3.8, 4) is 5.75 Å². The number of anilines is 1. The van der Waals surface area contributed by atoms with Gasteiger partial charge in [-0.15, -0.1) is 0 Å². The summed E-state index contributed by atoms with van der Waals surface area (Å²) in [6.45, 7) is 4.20. The minimum absolute atomic E-state index is 0.0149. The predicted octanol–water partition coefficient (Wildman–Crippen LogP) is 3.58. The first-order chi connectivity index (χ1) is 12.3. The SMILES string of the molecule is CCN(CC)S(=O)(=O)c1cc(C(=O)Nc2ccc(I)cc2)ccc1OC. The second kappa shape index (κ2) is 8.83. The number of hydrogen-bond donors (Lipinski definition) is 1. The summed E-state index contributed by atoms with van der Waals surface area (Å²) in [6, 6.07) is 11.7. The molecule has 26 heavy (non-hydrogen) atoms. The average molecular weight is 488 g/mol. The van der Waals surface area contributed by atoms with Crippen molar-refractivity contribution in [2.75, 3.05) is 25.5 Å². The van der Waals surface area contributed by atoms with E-state index in [1.54, 1.807) is 32.0 Å². The Bertz CT molecular complexity index is 879. The van der Waals surface area contributed by atoms with E-state index < -0.39 is 10.0 Å². The van der Waals surface area contributed by atoms with Crippen molar-refractivity contribution in [1.29, 1.82) is 0 Å². The van der Waals surface area contributed by atoms with E-state index in [0.29, 0.717) is 18.8 Å². The van der Waals surface area contributed by atoms with Crippen molar-refractivity contribution in [2.45, 2.75) is 18.7 Å². The van der Waals surface area contributed by atoms with Crippen LogP contribution in [0.15, 0.2) is 47.4 Å². The number of carbonyl (C=O) groups is 1. The molecule has 0 atom stereocenters. The largest absolute Gasteiger partial charge is 0.495 e. The van der Waals surface area contributed by atoms with Gasteiger partial charge in [-0.1, -0.05) is 13.8 Å². The van der Waals surface area contributed by atoms with Crippen molar-refractivity contribution >= 4 is 44.2 Å². The van der Waals surface area contributed by atoms with Crippen LogP contribution in [0.3, 0.4) is 0 Å². The Morgan fingerprint density at radius 1 is 1.12 bits per heavy atom. The minimum Gasteiger partial charge on any atom is -0.495 e. The van der Waals surface area contributed by atoms with Gasteiger partial charge >= 0.3 is 0 Å². The lowest BCUT2D eigenvalue weighted by Gasteiger charge is -2.20. The lowest BCUT2D eigenvalue weighted by molar-refractivity contribution is 0.102. The minimum atomic E-state index is -3.75. The third-order valence-electron chi connectivity index (χ3n) is 3.85. The number of methoxy groups -OCH3 is 1. The Hall–Kier alpha value is -1.65. The van der Waals surface area contributed by atoms with Crippen molar-refractivity contribution in [1.82, 2.24) is 4.31 Å². The first kappa shape index (κ1) is 20.7. The molecule has 0 aliphatic carbocycles. The standard InChI is InChI=1S/C18H21IN2O4S/c1-4-21(5-2)26(23,24)17-12-13(6-11-16(17)25-3)18(22)20-15-9-7-14(19)8-10-15/h6-12H,4-5H2,1-3H3,(H,20,22). The predicted molar refractivity (Wildman–Crippen MR) is 110 cm³/mol. The van der Waals surface area contributed by atoms with Gasteiger partial charge in [0, 0.05) is 27.9 Å². The Labute approximate surface area is 167 Å². The number of amides is 1. The van der Waals surface area contributed by atoms with E-state index >= 15 is 0 Å². The highest BCUT2D eigenvalue weighted by Crippen LogP contribution is 2.28. The lowest BCUT2D eigenvalue weighted by atomic mass is 10.2. The van der Waals surface area contributed by atoms with Gasteiger partial charge in [0.2, 0.25) is 10.0 Å². The number of carbonyl (C=O) groups excluding carboxylic acids is 1. The van der Waals surface area contributed by atoms with Crippen molar-refractivity contribution < 1.29 is 17.9 Å². The van der Waals surface area contributed by atoms with Crippen LogP contribution in [0, 0.1) is 3.57 Å². The van der Waals surface area contributed by atoms with E-state index in [4.69, 9.17) is 4.74 Å². The summed E-state index contributed by atoms with van der Waals surface area (Å²) in [5.41, 5.74) is 0.884. The van der Waals surface area contributed by atoms with Crippen LogP contribution < -0.4 is 10.1 Å². The first-order valence-corrected chi connectivity index (χ1v) is 10.6. The fraction of sp³-hybridized carbons (Fsp3) is 0.278. The first-order valence-electron chi connectivity index (χ1n) is 8.08. The fourth-order valence-electron chi connectivity index (χ4n) is 2.46. The van der Waals surface area contributed by atoms with Gasteiger partial charge in [-0.3, -0.25) is 4.79 Å². The molecule has 8 heteroatoms. The zero-order valence-corrected chi connectivity index (χ0v) is 17.8. The van der Waals surface area contributed by atoms with Crippen LogP contribution in [0.4, 0.5) is 5.69 Å². The van der Waals surface area contributed by atoms with Crippen LogP contribution in [0.5, 0.6) is 5.75 Å². The summed E-state index contributed by atoms with van der Waals surface area (Å²) in [4.78, 5) is 12.5. The molecule has 140 valence electrons. The maximum atomic E-state index is 12.9. The van der Waals surface area contributed by atoms with Crippen LogP contribution in [-0.4, -0.2) is 38.8 Å². The molecule has 1 N–H and O–H groups in total. The lowest BCUT2D eigenvalue weighted by Crippen LogP contribution is -2.31. The molecule has 2 rings (SSSR count). The van der Waals surface area contributed by atoms with E-state index in [0.717, 1.165) is 3.57 Å². The maximum Gasteiger partial charge on any atom is 0.255 e. The number of ether oxygens (including phenoxy) is 1. The highest BCUT2D eigenvalue weighted by molar-refractivity contribution is 14.1. The number of sulfonamides is 1. The molecule has 2 aromatic carbocycles. The fourth-order valence-corrected chi connectivity index (χ4v) is 4.46. The third-order valence-corrected chi connectivity index (χ3v) is 6.64. The van der Waals surface area contributed by atoms with Gasteiger partial charge in [0.05, 0.1) is 7.11 Å². The smallest absolute Gasteiger partial charge is 0.255 e. The molecule has 0 radical (unpaired) electrons. The highest BCUT2D eigenvalue weighted by Gasteiger charge is 2.26. The van der Waals surface area contributed by atoms with Crippen LogP contribution >= 0.6 is 22.6 Å². The Kier molecular flexibility index (Phi) is 7.01. The average Bonchev–Trinajstić information content (AvgIpc) is 2.63. The molecule has 0 bridgehead atoms. The second-order valence-corrected chi connectivity index (χ2v) is 8.57. The van der Waals surface area contributed by atoms with Gasteiger partial charge in [-0.25, -0.2) is 8.42 Å². The summed E-state index contributed by atoms with van der Waals surface area (Å²) in [7, 11) is -2.35. The third kappa shape index (κ3) is 4.54. The quantitative estimate of drug-likeness (QED) is 0.605. The number of halogens is 1. The molecule has 0 spiro atoms. The Morgan fingerprint density at radius 3 is 2.27 bits per heavy atom. The summed E-state index contributed by atoms with van der Waals surface area (Å²) >= 11 is 2.18. The zero-order chi connectivity index (χ0) is 19.3. The number of benzene rings is 2. The van der Waals surface area contributed by atoms with Crippen LogP contribution in [0.2, 0.25) is 0 Å². The summed E-state index contributed by atoms with van der Waals surface area (Å²) in [6.07, 6.45) is 0. The van der Waals surface area contributed by atoms with Crippen LogP contribution in [0.1, 0.15) is 24.2 Å². The van der Waals surface area contributed by atoms with Crippen molar-refractivity contribution in [3.05, 3.63) is 51.6 Å². The Balaban J connectivity index is 2.39. The molecule has 0 saturated carbocycles. The molecule has 0 aromatic heterocycles. The topological polar surface area (TPSA) is 75.7 Å². The number of nitrogens with zero attached hydrogens (tertiary/aromatic N) is 1. The maximum absolute atomic E-state index is 12.9. The van der Waals surface area contributed by atoms with Gasteiger partial charge in [0.25, 0.3) is 5.91 Å². The summed E-state index contributed by atoms with van der Waals surface area (Å²) < 4.78 is 33.3. The molecule has 0 fully saturated rings. The molecule has 1 amide bonds. The molecule has 6 nitrogen and oxygen atoms in total. The zero-order valence-electron chi connectivity index (χ0n) is 14.8. The van der Waals surface area contributed by atoms with Crippen molar-refractivity contribution in [3.63, 3.8) is 0 Å². The van der Waals surface area contributed by atoms with Gasteiger partial charge in [0.1, 0.15) is 10.6 Å². The molecular formula is C18H21IN2O4S. The molecular weight excluding hydrogens is 467 g/mol. The van der Waals surface area contributed by atoms with E-state index in [9.17, 15) is 13.2 Å². The number of rotatable bonds is 7. The highest BCUT2D eigenvalue weighted by atomic mass is 127. The van der Waals surface area contributed by atoms with E-state index in [2.05, 4.69) is 27.9 Å². The number of nitrogens with one attached hydrogen (secondary N) is 1. The molecule has 0 aliphatic rings. The summed E-state index contributed by atoms with van der Waals surface area (Å²) in [5, 5.41) is 2.77. The number of hydrogen-bond acceptors (Lipinski definition) is 4. The van der Waals surface area contributed by atoms with Crippen LogP contribution in [0.25, 0.3) is 0 Å². The molecule has 2 aromatic rings. The van der Waals surface area contributed by atoms with Crippen LogP contribution in [-0.2, 0) is 10.0 Å². The van der Waals surface area contributed by atoms with E-state index in [1.807, 2.05) is 12.1 Å². The van der Waals surface area contributed by atoms with E-state index in [-0.39, 0.29) is 22.1 Å². The molecule has 0 heterocycles. The van der Waals surface area contributed by atoms with Gasteiger partial charge < -0.3 is 10.1 Å². The van der Waals surface area contributed by atoms with Gasteiger partial charge in [-0.05, 0) is 65.1 Å². The molecule has 0 aliphatic heterocycles. The van der Waals surface area contributed by atoms with Gasteiger partial charge in [0.15, 0.2) is 0 Å².